The second kappa shape index (κ2) is 3.23. The molecule has 2 rings (SSSR count). The maximum Gasteiger partial charge on any atom is 0.125 e. The van der Waals surface area contributed by atoms with Gasteiger partial charge in [-0.2, -0.15) is 0 Å². The van der Waals surface area contributed by atoms with Crippen LogP contribution in [0.15, 0.2) is 10.7 Å². The van der Waals surface area contributed by atoms with Crippen LogP contribution in [0.1, 0.15) is 12.1 Å². The zero-order valence-electron chi connectivity index (χ0n) is 6.40. The molecular weight excluding hydrogens is 239 g/mol. The third-order valence-electron chi connectivity index (χ3n) is 1.92. The van der Waals surface area contributed by atoms with Crippen molar-refractivity contribution in [1.29, 1.82) is 0 Å². The maximum absolute atomic E-state index is 5.90. The van der Waals surface area contributed by atoms with Crippen molar-refractivity contribution < 1.29 is 0 Å². The highest BCUT2D eigenvalue weighted by Gasteiger charge is 2.11. The molecule has 0 amide bonds. The molecule has 12 heavy (non-hydrogen) atoms. The molecule has 0 atom stereocenters. The minimum atomic E-state index is 0.670. The molecule has 0 spiro atoms. The Bertz CT molecular complexity index is 283. The van der Waals surface area contributed by atoms with Crippen molar-refractivity contribution in [2.24, 2.45) is 0 Å². The summed E-state index contributed by atoms with van der Waals surface area (Å²) in [6.07, 6.45) is 2.19. The van der Waals surface area contributed by atoms with Crippen LogP contribution in [-0.2, 0) is 6.42 Å². The molecular formula is C8H8BrClN2. The largest absolute Gasteiger partial charge is 0.384 e. The molecule has 2 heterocycles. The molecule has 1 aliphatic heterocycles. The number of aromatic nitrogens is 1. The summed E-state index contributed by atoms with van der Waals surface area (Å²) in [6, 6.07) is 1.92. The Labute approximate surface area is 84.5 Å². The van der Waals surface area contributed by atoms with E-state index in [-0.39, 0.29) is 0 Å². The average Bonchev–Trinajstić information content (AvgIpc) is 2.07. The molecule has 2 nitrogen and oxygen atoms in total. The molecule has 0 bridgehead atoms. The minimum absolute atomic E-state index is 0.670. The number of nitrogens with one attached hydrogen (secondary N) is 1. The summed E-state index contributed by atoms with van der Waals surface area (Å²) in [5, 5.41) is 3.93. The van der Waals surface area contributed by atoms with E-state index in [2.05, 4.69) is 26.2 Å². The van der Waals surface area contributed by atoms with Gasteiger partial charge < -0.3 is 5.32 Å². The van der Waals surface area contributed by atoms with E-state index in [0.29, 0.717) is 5.02 Å². The first-order chi connectivity index (χ1) is 5.77. The van der Waals surface area contributed by atoms with E-state index in [4.69, 9.17) is 11.6 Å². The van der Waals surface area contributed by atoms with Gasteiger partial charge >= 0.3 is 0 Å². The highest BCUT2D eigenvalue weighted by atomic mass is 79.9. The second-order valence-electron chi connectivity index (χ2n) is 2.79. The number of pyridine rings is 1. The monoisotopic (exact) mass is 246 g/mol. The molecule has 4 heteroatoms. The Balaban J connectivity index is 2.49. The van der Waals surface area contributed by atoms with Gasteiger partial charge in [0, 0.05) is 6.54 Å². The number of halogens is 2. The number of hydrogen-bond acceptors (Lipinski definition) is 2. The lowest BCUT2D eigenvalue weighted by Gasteiger charge is -2.17. The van der Waals surface area contributed by atoms with E-state index in [9.17, 15) is 0 Å². The van der Waals surface area contributed by atoms with Crippen molar-refractivity contribution in [3.63, 3.8) is 0 Å². The molecule has 0 aromatic carbocycles. The summed E-state index contributed by atoms with van der Waals surface area (Å²) >= 11 is 9.20. The topological polar surface area (TPSA) is 24.9 Å². The van der Waals surface area contributed by atoms with Gasteiger partial charge in [-0.25, -0.2) is 4.98 Å². The average molecular weight is 248 g/mol. The van der Waals surface area contributed by atoms with Crippen molar-refractivity contribution in [3.8, 4) is 0 Å². The molecule has 64 valence electrons. The summed E-state index contributed by atoms with van der Waals surface area (Å²) in [7, 11) is 0. The number of nitrogens with zero attached hydrogens (tertiary/aromatic N) is 1. The molecule has 0 unspecified atom stereocenters. The fourth-order valence-corrected chi connectivity index (χ4v) is 1.80. The lowest BCUT2D eigenvalue weighted by molar-refractivity contribution is 0.799. The highest BCUT2D eigenvalue weighted by Crippen LogP contribution is 2.28. The van der Waals surface area contributed by atoms with Crippen molar-refractivity contribution >= 4 is 33.2 Å². The number of fused-ring (bicyclic) bond motifs is 1. The van der Waals surface area contributed by atoms with Crippen LogP contribution in [0.3, 0.4) is 0 Å². The summed E-state index contributed by atoms with van der Waals surface area (Å²) in [4.78, 5) is 4.34. The van der Waals surface area contributed by atoms with Crippen LogP contribution >= 0.6 is 27.5 Å². The van der Waals surface area contributed by atoms with Crippen molar-refractivity contribution in [1.82, 2.24) is 4.98 Å². The first-order valence-electron chi connectivity index (χ1n) is 3.86. The van der Waals surface area contributed by atoms with Gasteiger partial charge in [0.1, 0.15) is 4.60 Å². The lowest BCUT2D eigenvalue weighted by Crippen LogP contribution is -2.13. The van der Waals surface area contributed by atoms with Crippen LogP contribution in [0, 0.1) is 0 Å². The Morgan fingerprint density at radius 1 is 1.58 bits per heavy atom. The van der Waals surface area contributed by atoms with Gasteiger partial charge in [-0.1, -0.05) is 11.6 Å². The molecule has 1 aliphatic rings. The molecule has 0 fully saturated rings. The van der Waals surface area contributed by atoms with Gasteiger partial charge in [0.25, 0.3) is 0 Å². The first-order valence-corrected chi connectivity index (χ1v) is 5.03. The van der Waals surface area contributed by atoms with Crippen molar-refractivity contribution in [3.05, 3.63) is 21.4 Å². The van der Waals surface area contributed by atoms with Gasteiger partial charge in [-0.3, -0.25) is 0 Å². The SMILES string of the molecule is Clc1cc2c(nc1Br)CCCN2. The smallest absolute Gasteiger partial charge is 0.125 e. The standard InChI is InChI=1S/C8H8BrClN2/c9-8-5(10)4-7-6(12-8)2-1-3-11-7/h4,11H,1-3H2. The van der Waals surface area contributed by atoms with Gasteiger partial charge in [-0.15, -0.1) is 0 Å². The fourth-order valence-electron chi connectivity index (χ4n) is 1.32. The van der Waals surface area contributed by atoms with Crippen LogP contribution in [0.5, 0.6) is 0 Å². The van der Waals surface area contributed by atoms with E-state index in [1.807, 2.05) is 6.07 Å². The number of aryl methyl sites for hydroxylation is 1. The van der Waals surface area contributed by atoms with E-state index in [1.54, 1.807) is 0 Å². The Hall–Kier alpha value is -0.280. The Morgan fingerprint density at radius 3 is 3.25 bits per heavy atom. The van der Waals surface area contributed by atoms with E-state index >= 15 is 0 Å². The van der Waals surface area contributed by atoms with E-state index < -0.39 is 0 Å². The predicted molar refractivity (Wildman–Crippen MR) is 53.8 cm³/mol. The van der Waals surface area contributed by atoms with Gasteiger partial charge in [0.15, 0.2) is 0 Å². The van der Waals surface area contributed by atoms with Gasteiger partial charge in [0.2, 0.25) is 0 Å². The quantitative estimate of drug-likeness (QED) is 0.713. The van der Waals surface area contributed by atoms with Crippen LogP contribution in [0.4, 0.5) is 5.69 Å². The van der Waals surface area contributed by atoms with E-state index in [0.717, 1.165) is 35.4 Å². The summed E-state index contributed by atoms with van der Waals surface area (Å²) < 4.78 is 0.742. The summed E-state index contributed by atoms with van der Waals surface area (Å²) in [5.41, 5.74) is 2.19. The van der Waals surface area contributed by atoms with Crippen LogP contribution in [0.2, 0.25) is 5.02 Å². The van der Waals surface area contributed by atoms with Crippen LogP contribution < -0.4 is 5.32 Å². The summed E-state index contributed by atoms with van der Waals surface area (Å²) in [6.45, 7) is 1.02. The lowest BCUT2D eigenvalue weighted by atomic mass is 10.1. The zero-order valence-corrected chi connectivity index (χ0v) is 8.74. The molecule has 1 aromatic heterocycles. The Morgan fingerprint density at radius 2 is 2.42 bits per heavy atom. The van der Waals surface area contributed by atoms with Gasteiger partial charge in [0.05, 0.1) is 16.4 Å². The fraction of sp³-hybridized carbons (Fsp3) is 0.375. The Kier molecular flexibility index (Phi) is 2.24. The summed E-state index contributed by atoms with van der Waals surface area (Å²) in [5.74, 6) is 0. The van der Waals surface area contributed by atoms with Crippen molar-refractivity contribution in [2.75, 3.05) is 11.9 Å². The number of hydrogen-bond donors (Lipinski definition) is 1. The van der Waals surface area contributed by atoms with Crippen LogP contribution in [-0.4, -0.2) is 11.5 Å². The van der Waals surface area contributed by atoms with E-state index in [1.165, 1.54) is 0 Å². The maximum atomic E-state index is 5.90. The van der Waals surface area contributed by atoms with Gasteiger partial charge in [-0.05, 0) is 34.8 Å². The highest BCUT2D eigenvalue weighted by molar-refractivity contribution is 9.10. The number of anilines is 1. The molecule has 1 N–H and O–H groups in total. The second-order valence-corrected chi connectivity index (χ2v) is 3.94. The molecule has 0 aliphatic carbocycles. The molecule has 0 saturated heterocycles. The van der Waals surface area contributed by atoms with Crippen molar-refractivity contribution in [2.45, 2.75) is 12.8 Å². The first kappa shape index (κ1) is 8.32. The molecule has 0 saturated carbocycles. The van der Waals surface area contributed by atoms with Crippen LogP contribution in [0.25, 0.3) is 0 Å². The third-order valence-corrected chi connectivity index (χ3v) is 3.04. The zero-order chi connectivity index (χ0) is 8.55. The molecule has 0 radical (unpaired) electrons. The normalized spacial score (nSPS) is 15.2. The third kappa shape index (κ3) is 1.43. The predicted octanol–water partition coefficient (Wildman–Crippen LogP) is 2.86. The minimum Gasteiger partial charge on any atom is -0.384 e. The molecule has 1 aromatic rings. The number of rotatable bonds is 0.